The lowest BCUT2D eigenvalue weighted by atomic mass is 10.1. The van der Waals surface area contributed by atoms with Crippen molar-refractivity contribution in [2.45, 2.75) is 26.1 Å². The minimum absolute atomic E-state index is 0.127. The first-order valence-corrected chi connectivity index (χ1v) is 24.8. The van der Waals surface area contributed by atoms with Crippen molar-refractivity contribution in [1.29, 1.82) is 0 Å². The summed E-state index contributed by atoms with van der Waals surface area (Å²) in [6.45, 7) is 1.27. The minimum Gasteiger partial charge on any atom is -0.491 e. The number of rotatable bonds is 19. The number of aromatic nitrogens is 11. The lowest BCUT2D eigenvalue weighted by Crippen LogP contribution is -2.21. The van der Waals surface area contributed by atoms with Crippen molar-refractivity contribution < 1.29 is 19.1 Å². The summed E-state index contributed by atoms with van der Waals surface area (Å²) >= 11 is 14.4. The number of nitrogens with zero attached hydrogens (tertiary/aromatic N) is 11. The van der Waals surface area contributed by atoms with E-state index in [-0.39, 0.29) is 49.2 Å². The quantitative estimate of drug-likeness (QED) is 0.0811. The fraction of sp³-hybridized carbons (Fsp3) is 0.120. The van der Waals surface area contributed by atoms with Gasteiger partial charge in [-0.1, -0.05) is 39.7 Å². The summed E-state index contributed by atoms with van der Waals surface area (Å²) in [5.41, 5.74) is 4.99. The largest absolute Gasteiger partial charge is 0.491 e. The average Bonchev–Trinajstić information content (AvgIpc) is 4.29. The van der Waals surface area contributed by atoms with Gasteiger partial charge < -0.3 is 24.7 Å². The highest BCUT2D eigenvalue weighted by atomic mass is 35.5. The molecule has 0 spiro atoms. The van der Waals surface area contributed by atoms with Crippen LogP contribution in [0, 0.1) is 0 Å². The van der Waals surface area contributed by atoms with Crippen molar-refractivity contribution in [3.8, 4) is 45.5 Å². The van der Waals surface area contributed by atoms with Crippen LogP contribution in [0.3, 0.4) is 0 Å². The normalized spacial score (nSPS) is 11.2. The van der Waals surface area contributed by atoms with E-state index in [0.29, 0.717) is 88.3 Å². The molecule has 0 fully saturated rings. The highest BCUT2D eigenvalue weighted by molar-refractivity contribution is 7.18. The maximum atomic E-state index is 13.6. The maximum Gasteiger partial charge on any atom is 0.261 e. The number of halogens is 2. The highest BCUT2D eigenvalue weighted by Crippen LogP contribution is 2.29. The van der Waals surface area contributed by atoms with Crippen molar-refractivity contribution in [2.75, 3.05) is 13.2 Å². The SMILES string of the molecule is O=C(NCc1cn(-c2ccc(-n3ccccc3=O)cc2OCCc2ccnc(-c3ccc(=O)n(-c4ccc(-n5cc(CNC(=O)c6ccc(Cl)s6)nn5)c(OCCn5ccnc5)c4)c3)c2)nn1)c1ccc(Cl)s1. The van der Waals surface area contributed by atoms with Crippen molar-refractivity contribution in [2.24, 2.45) is 0 Å². The van der Waals surface area contributed by atoms with Gasteiger partial charge in [0.25, 0.3) is 22.9 Å². The Morgan fingerprint density at radius 1 is 0.630 bits per heavy atom. The molecular weight excluding hydrogens is 1010 g/mol. The molecule has 23 heteroatoms. The molecule has 10 rings (SSSR count). The summed E-state index contributed by atoms with van der Waals surface area (Å²) < 4.78 is 21.8. The molecule has 0 aliphatic rings. The van der Waals surface area contributed by atoms with Crippen LogP contribution in [-0.4, -0.2) is 78.7 Å². The monoisotopic (exact) mass is 1050 g/mol. The van der Waals surface area contributed by atoms with Gasteiger partial charge >= 0.3 is 0 Å². The number of nitrogens with one attached hydrogen (secondary N) is 2. The zero-order valence-corrected chi connectivity index (χ0v) is 41.3. The van der Waals surface area contributed by atoms with Crippen molar-refractivity contribution >= 4 is 57.7 Å². The average molecular weight is 1050 g/mol. The summed E-state index contributed by atoms with van der Waals surface area (Å²) in [5, 5.41) is 22.9. The first-order chi connectivity index (χ1) is 35.6. The summed E-state index contributed by atoms with van der Waals surface area (Å²) in [5.74, 6) is 0.316. The third-order valence-corrected chi connectivity index (χ3v) is 13.6. The Morgan fingerprint density at radius 2 is 1.26 bits per heavy atom. The van der Waals surface area contributed by atoms with E-state index in [0.717, 1.165) is 5.56 Å². The predicted octanol–water partition coefficient (Wildman–Crippen LogP) is 7.40. The molecule has 0 bridgehead atoms. The molecular formula is C50H39Cl2N13O6S2. The molecule has 8 heterocycles. The Morgan fingerprint density at radius 3 is 1.86 bits per heavy atom. The standard InChI is InChI=1S/C50H39Cl2N13O6S2/c51-45-11-9-43(72-45)49(68)55-26-34-29-64(59-57-34)39-7-5-36(62-18-2-1-3-47(62)66)24-41(39)70-21-15-32-14-16-54-38(23-32)33-4-13-48(67)63(28-33)37-6-8-40(42(25-37)71-22-20-61-19-17-53-31-61)65-30-35(58-60-65)27-56-50(69)44-10-12-46(52)73-44/h1-14,16-19,23-25,28-31H,15,20-22,26-27H2,(H,55,68)(H,56,69). The van der Waals surface area contributed by atoms with E-state index in [1.807, 2.05) is 22.9 Å². The molecule has 8 aromatic heterocycles. The Labute approximate surface area is 432 Å². The molecule has 0 saturated carbocycles. The van der Waals surface area contributed by atoms with E-state index in [1.54, 1.807) is 132 Å². The number of hydrogen-bond acceptors (Lipinski definition) is 14. The second-order valence-corrected chi connectivity index (χ2v) is 19.4. The van der Waals surface area contributed by atoms with Gasteiger partial charge in [-0.3, -0.25) is 33.3 Å². The van der Waals surface area contributed by atoms with Crippen LogP contribution in [0.25, 0.3) is 34.0 Å². The van der Waals surface area contributed by atoms with E-state index in [2.05, 4.69) is 41.2 Å². The molecule has 10 aromatic rings. The second-order valence-electron chi connectivity index (χ2n) is 16.0. The van der Waals surface area contributed by atoms with Gasteiger partial charge in [0.2, 0.25) is 0 Å². The van der Waals surface area contributed by atoms with E-state index in [9.17, 15) is 19.2 Å². The van der Waals surface area contributed by atoms with E-state index < -0.39 is 0 Å². The molecule has 0 aliphatic carbocycles. The van der Waals surface area contributed by atoms with Gasteiger partial charge in [-0.2, -0.15) is 0 Å². The number of pyridine rings is 3. The Hall–Kier alpha value is -8.50. The molecule has 73 heavy (non-hydrogen) atoms. The Kier molecular flexibility index (Phi) is 14.4. The Balaban J connectivity index is 0.862. The molecule has 0 aliphatic heterocycles. The number of hydrogen-bond donors (Lipinski definition) is 2. The van der Waals surface area contributed by atoms with Gasteiger partial charge in [0.1, 0.15) is 40.9 Å². The topological polar surface area (TPSA) is 213 Å². The van der Waals surface area contributed by atoms with Gasteiger partial charge in [0, 0.05) is 67.2 Å². The third kappa shape index (κ3) is 11.5. The summed E-state index contributed by atoms with van der Waals surface area (Å²) in [6.07, 6.45) is 14.2. The molecule has 0 atom stereocenters. The molecule has 2 amide bonds. The highest BCUT2D eigenvalue weighted by Gasteiger charge is 2.17. The lowest BCUT2D eigenvalue weighted by molar-refractivity contribution is 0.0946. The van der Waals surface area contributed by atoms with Gasteiger partial charge in [-0.25, -0.2) is 14.3 Å². The number of imidazole rings is 1. The van der Waals surface area contributed by atoms with Crippen LogP contribution in [0.4, 0.5) is 0 Å². The summed E-state index contributed by atoms with van der Waals surface area (Å²) in [7, 11) is 0. The van der Waals surface area contributed by atoms with Crippen LogP contribution in [0.5, 0.6) is 11.5 Å². The van der Waals surface area contributed by atoms with Gasteiger partial charge in [0.15, 0.2) is 0 Å². The number of carbonyl (C=O) groups excluding carboxylic acids is 2. The number of benzene rings is 2. The molecule has 366 valence electrons. The molecule has 0 unspecified atom stereocenters. The predicted molar refractivity (Wildman–Crippen MR) is 275 cm³/mol. The van der Waals surface area contributed by atoms with E-state index in [4.69, 9.17) is 32.7 Å². The van der Waals surface area contributed by atoms with Crippen molar-refractivity contribution in [1.82, 2.24) is 64.3 Å². The third-order valence-electron chi connectivity index (χ3n) is 11.1. The van der Waals surface area contributed by atoms with Crippen molar-refractivity contribution in [3.63, 3.8) is 0 Å². The van der Waals surface area contributed by atoms with Crippen molar-refractivity contribution in [3.05, 3.63) is 209 Å². The summed E-state index contributed by atoms with van der Waals surface area (Å²) in [6, 6.07) is 29.3. The number of amides is 2. The maximum absolute atomic E-state index is 13.6. The van der Waals surface area contributed by atoms with E-state index >= 15 is 0 Å². The second kappa shape index (κ2) is 21.9. The van der Waals surface area contributed by atoms with Crippen LogP contribution in [-0.2, 0) is 26.1 Å². The van der Waals surface area contributed by atoms with Gasteiger partial charge in [-0.15, -0.1) is 32.9 Å². The lowest BCUT2D eigenvalue weighted by Gasteiger charge is -2.15. The molecule has 19 nitrogen and oxygen atoms in total. The fourth-order valence-electron chi connectivity index (χ4n) is 7.53. The smallest absolute Gasteiger partial charge is 0.261 e. The van der Waals surface area contributed by atoms with Crippen LogP contribution < -0.4 is 31.2 Å². The van der Waals surface area contributed by atoms with Crippen LogP contribution in [0.2, 0.25) is 8.67 Å². The zero-order valence-electron chi connectivity index (χ0n) is 38.1. The van der Waals surface area contributed by atoms with Gasteiger partial charge in [-0.05, 0) is 78.4 Å². The Bertz CT molecular complexity index is 3710. The van der Waals surface area contributed by atoms with Crippen LogP contribution >= 0.6 is 45.9 Å². The number of carbonyl (C=O) groups is 2. The van der Waals surface area contributed by atoms with Gasteiger partial charge in [0.05, 0.1) is 80.5 Å². The summed E-state index contributed by atoms with van der Waals surface area (Å²) in [4.78, 5) is 61.4. The minimum atomic E-state index is -0.278. The molecule has 2 aromatic carbocycles. The zero-order chi connectivity index (χ0) is 50.3. The van der Waals surface area contributed by atoms with Crippen LogP contribution in [0.15, 0.2) is 162 Å². The number of thiophene rings is 2. The first-order valence-electron chi connectivity index (χ1n) is 22.4. The number of ether oxygens (including phenoxy) is 2. The molecule has 0 radical (unpaired) electrons. The molecule has 2 N–H and O–H groups in total. The fourth-order valence-corrected chi connectivity index (χ4v) is 9.44. The van der Waals surface area contributed by atoms with Crippen LogP contribution in [0.1, 0.15) is 36.3 Å². The van der Waals surface area contributed by atoms with E-state index in [1.165, 1.54) is 43.9 Å². The molecule has 0 saturated heterocycles. The first kappa shape index (κ1) is 48.1.